The summed E-state index contributed by atoms with van der Waals surface area (Å²) in [6.45, 7) is 4.94. The molecule has 1 aromatic carbocycles. The normalized spacial score (nSPS) is 12.2. The van der Waals surface area contributed by atoms with Crippen molar-refractivity contribution in [3.8, 4) is 5.75 Å². The van der Waals surface area contributed by atoms with Crippen molar-refractivity contribution in [1.29, 1.82) is 0 Å². The molecule has 0 aliphatic rings. The number of amides is 1. The van der Waals surface area contributed by atoms with Crippen molar-refractivity contribution >= 4 is 27.1 Å². The van der Waals surface area contributed by atoms with E-state index in [0.717, 1.165) is 0 Å². The molecule has 1 heterocycles. The van der Waals surface area contributed by atoms with Crippen LogP contribution in [0.15, 0.2) is 22.7 Å². The van der Waals surface area contributed by atoms with Gasteiger partial charge in [-0.1, -0.05) is 5.16 Å². The second-order valence-electron chi connectivity index (χ2n) is 6.16. The number of nitrogens with one attached hydrogen (secondary N) is 1. The minimum Gasteiger partial charge on any atom is -0.497 e. The number of carbonyl (C=O) groups is 1. The van der Waals surface area contributed by atoms with Gasteiger partial charge in [-0.3, -0.25) is 0 Å². The fourth-order valence-electron chi connectivity index (χ4n) is 1.98. The monoisotopic (exact) mass is 356 g/mol. The van der Waals surface area contributed by atoms with Gasteiger partial charge in [-0.05, 0) is 39.0 Å². The largest absolute Gasteiger partial charge is 0.497 e. The third-order valence-electron chi connectivity index (χ3n) is 3.00. The molecular formula is C15H20N2O6S. The summed E-state index contributed by atoms with van der Waals surface area (Å²) in [7, 11) is -2.32. The fraction of sp³-hybridized carbons (Fsp3) is 0.467. The summed E-state index contributed by atoms with van der Waals surface area (Å²) >= 11 is 0. The Balaban J connectivity index is 2.05. The first-order chi connectivity index (χ1) is 11.1. The van der Waals surface area contributed by atoms with E-state index in [-0.39, 0.29) is 12.2 Å². The SMILES string of the molecule is COc1ccc2onc(CCS(=O)(=O)NC(=O)OC(C)(C)C)c2c1. The topological polar surface area (TPSA) is 108 Å². The Morgan fingerprint density at radius 3 is 2.67 bits per heavy atom. The van der Waals surface area contributed by atoms with Gasteiger partial charge in [0.05, 0.1) is 18.6 Å². The van der Waals surface area contributed by atoms with E-state index in [1.165, 1.54) is 7.11 Å². The van der Waals surface area contributed by atoms with Gasteiger partial charge in [0, 0.05) is 11.8 Å². The Morgan fingerprint density at radius 2 is 2.04 bits per heavy atom. The van der Waals surface area contributed by atoms with Gasteiger partial charge in [0.25, 0.3) is 0 Å². The first-order valence-electron chi connectivity index (χ1n) is 7.25. The highest BCUT2D eigenvalue weighted by molar-refractivity contribution is 7.90. The predicted octanol–water partition coefficient (Wildman–Crippen LogP) is 2.23. The molecule has 8 nitrogen and oxygen atoms in total. The van der Waals surface area contributed by atoms with Crippen LogP contribution in [0, 0.1) is 0 Å². The van der Waals surface area contributed by atoms with E-state index in [0.29, 0.717) is 22.4 Å². The van der Waals surface area contributed by atoms with Crippen molar-refractivity contribution in [3.05, 3.63) is 23.9 Å². The first-order valence-corrected chi connectivity index (χ1v) is 8.91. The molecule has 0 radical (unpaired) electrons. The highest BCUT2D eigenvalue weighted by Crippen LogP contribution is 2.24. The summed E-state index contributed by atoms with van der Waals surface area (Å²) < 4.78 is 41.1. The number of methoxy groups -OCH3 is 1. The maximum atomic E-state index is 12.0. The van der Waals surface area contributed by atoms with E-state index in [1.807, 2.05) is 4.72 Å². The summed E-state index contributed by atoms with van der Waals surface area (Å²) in [6.07, 6.45) is -0.924. The van der Waals surface area contributed by atoms with Gasteiger partial charge in [0.15, 0.2) is 5.58 Å². The first kappa shape index (κ1) is 18.1. The van der Waals surface area contributed by atoms with Crippen LogP contribution in [0.2, 0.25) is 0 Å². The lowest BCUT2D eigenvalue weighted by Crippen LogP contribution is -2.37. The lowest BCUT2D eigenvalue weighted by atomic mass is 10.2. The van der Waals surface area contributed by atoms with Gasteiger partial charge >= 0.3 is 6.09 Å². The summed E-state index contributed by atoms with van der Waals surface area (Å²) in [5, 5.41) is 4.54. The van der Waals surface area contributed by atoms with Crippen molar-refractivity contribution < 1.29 is 27.2 Å². The molecule has 0 unspecified atom stereocenters. The fourth-order valence-corrected chi connectivity index (χ4v) is 2.84. The third kappa shape index (κ3) is 4.85. The second kappa shape index (κ2) is 6.68. The minimum absolute atomic E-state index is 0.0816. The Labute approximate surface area is 140 Å². The zero-order valence-electron chi connectivity index (χ0n) is 14.0. The molecule has 2 aromatic rings. The quantitative estimate of drug-likeness (QED) is 0.875. The van der Waals surface area contributed by atoms with Crippen LogP contribution in [-0.4, -0.2) is 38.1 Å². The highest BCUT2D eigenvalue weighted by atomic mass is 32.2. The summed E-state index contributed by atoms with van der Waals surface area (Å²) in [5.41, 5.74) is 0.222. The molecule has 0 aliphatic carbocycles. The van der Waals surface area contributed by atoms with Gasteiger partial charge in [-0.15, -0.1) is 0 Å². The third-order valence-corrected chi connectivity index (χ3v) is 4.22. The molecule has 0 saturated heterocycles. The number of aryl methyl sites for hydroxylation is 1. The average molecular weight is 356 g/mol. The Hall–Kier alpha value is -2.29. The predicted molar refractivity (Wildman–Crippen MR) is 87.4 cm³/mol. The van der Waals surface area contributed by atoms with Crippen molar-refractivity contribution in [2.75, 3.05) is 12.9 Å². The smallest absolute Gasteiger partial charge is 0.421 e. The lowest BCUT2D eigenvalue weighted by molar-refractivity contribution is 0.0570. The molecule has 0 fully saturated rings. The average Bonchev–Trinajstić information content (AvgIpc) is 2.84. The van der Waals surface area contributed by atoms with E-state index in [4.69, 9.17) is 14.0 Å². The minimum atomic E-state index is -3.85. The van der Waals surface area contributed by atoms with Crippen LogP contribution in [-0.2, 0) is 21.2 Å². The number of hydrogen-bond donors (Lipinski definition) is 1. The molecule has 2 rings (SSSR count). The maximum absolute atomic E-state index is 12.0. The molecule has 1 aromatic heterocycles. The number of fused-ring (bicyclic) bond motifs is 1. The number of rotatable bonds is 5. The molecule has 1 N–H and O–H groups in total. The molecule has 1 amide bonds. The molecule has 0 spiro atoms. The van der Waals surface area contributed by atoms with Crippen LogP contribution in [0.25, 0.3) is 11.0 Å². The highest BCUT2D eigenvalue weighted by Gasteiger charge is 2.22. The van der Waals surface area contributed by atoms with Crippen LogP contribution >= 0.6 is 0 Å². The standard InChI is InChI=1S/C15H20N2O6S/c1-15(2,3)22-14(18)17-24(19,20)8-7-12-11-9-10(21-4)5-6-13(11)23-16-12/h5-6,9H,7-8H2,1-4H3,(H,17,18). The van der Waals surface area contributed by atoms with Gasteiger partial charge in [0.1, 0.15) is 11.4 Å². The molecule has 0 saturated carbocycles. The van der Waals surface area contributed by atoms with Crippen LogP contribution in [0.5, 0.6) is 5.75 Å². The molecule has 0 atom stereocenters. The van der Waals surface area contributed by atoms with Crippen molar-refractivity contribution in [3.63, 3.8) is 0 Å². The molecule has 9 heteroatoms. The van der Waals surface area contributed by atoms with Crippen LogP contribution in [0.4, 0.5) is 4.79 Å². The van der Waals surface area contributed by atoms with E-state index in [9.17, 15) is 13.2 Å². The van der Waals surface area contributed by atoms with Crippen molar-refractivity contribution in [2.24, 2.45) is 0 Å². The number of hydrogen-bond acceptors (Lipinski definition) is 7. The van der Waals surface area contributed by atoms with E-state index in [1.54, 1.807) is 39.0 Å². The molecular weight excluding hydrogens is 336 g/mol. The van der Waals surface area contributed by atoms with E-state index >= 15 is 0 Å². The summed E-state index contributed by atoms with van der Waals surface area (Å²) in [6, 6.07) is 5.13. The Kier molecular flexibility index (Phi) is 5.02. The molecule has 132 valence electrons. The van der Waals surface area contributed by atoms with Crippen molar-refractivity contribution in [1.82, 2.24) is 9.88 Å². The summed E-state index contributed by atoms with van der Waals surface area (Å²) in [4.78, 5) is 11.6. The Bertz CT molecular complexity index is 835. The van der Waals surface area contributed by atoms with E-state index in [2.05, 4.69) is 5.16 Å². The van der Waals surface area contributed by atoms with Crippen LogP contribution in [0.3, 0.4) is 0 Å². The zero-order valence-corrected chi connectivity index (χ0v) is 14.8. The number of benzene rings is 1. The lowest BCUT2D eigenvalue weighted by Gasteiger charge is -2.19. The van der Waals surface area contributed by atoms with Gasteiger partial charge in [-0.25, -0.2) is 17.9 Å². The summed E-state index contributed by atoms with van der Waals surface area (Å²) in [5.74, 6) is 0.284. The van der Waals surface area contributed by atoms with Crippen LogP contribution < -0.4 is 9.46 Å². The molecule has 24 heavy (non-hydrogen) atoms. The van der Waals surface area contributed by atoms with Crippen LogP contribution in [0.1, 0.15) is 26.5 Å². The number of nitrogens with zero attached hydrogens (tertiary/aromatic N) is 1. The van der Waals surface area contributed by atoms with Gasteiger partial charge in [-0.2, -0.15) is 0 Å². The maximum Gasteiger partial charge on any atom is 0.421 e. The number of ether oxygens (including phenoxy) is 2. The van der Waals surface area contributed by atoms with Crippen molar-refractivity contribution in [2.45, 2.75) is 32.8 Å². The molecule has 0 aliphatic heterocycles. The molecule has 0 bridgehead atoms. The number of sulfonamides is 1. The van der Waals surface area contributed by atoms with E-state index < -0.39 is 21.7 Å². The number of carbonyl (C=O) groups excluding carboxylic acids is 1. The van der Waals surface area contributed by atoms with Gasteiger partial charge < -0.3 is 14.0 Å². The van der Waals surface area contributed by atoms with Gasteiger partial charge in [0.2, 0.25) is 10.0 Å². The zero-order chi connectivity index (χ0) is 18.0. The second-order valence-corrected chi connectivity index (χ2v) is 8.01. The number of aromatic nitrogens is 1. The Morgan fingerprint density at radius 1 is 1.33 bits per heavy atom.